The van der Waals surface area contributed by atoms with Crippen LogP contribution in [0.2, 0.25) is 0 Å². The lowest BCUT2D eigenvalue weighted by Crippen LogP contribution is -2.24. The molecule has 3 N–H and O–H groups in total. The average molecular weight is 263 g/mol. The van der Waals surface area contributed by atoms with Crippen LogP contribution in [0, 0.1) is 19.3 Å². The van der Waals surface area contributed by atoms with Gasteiger partial charge in [-0.25, -0.2) is 5.90 Å². The predicted molar refractivity (Wildman–Crippen MR) is 73.6 cm³/mol. The van der Waals surface area contributed by atoms with Crippen molar-refractivity contribution in [3.05, 3.63) is 35.7 Å². The van der Waals surface area contributed by atoms with Gasteiger partial charge < -0.3 is 4.84 Å². The Morgan fingerprint density at radius 1 is 1.42 bits per heavy atom. The van der Waals surface area contributed by atoms with Crippen LogP contribution in [0.4, 0.5) is 0 Å². The topological polar surface area (TPSA) is 69.4 Å². The van der Waals surface area contributed by atoms with Crippen LogP contribution >= 0.6 is 0 Å². The quantitative estimate of drug-likeness (QED) is 0.735. The summed E-state index contributed by atoms with van der Waals surface area (Å²) in [6.07, 6.45) is 2.17. The minimum atomic E-state index is 0.0820. The second kappa shape index (κ2) is 5.69. The molecule has 104 valence electrons. The van der Waals surface area contributed by atoms with Gasteiger partial charge in [-0.15, -0.1) is 0 Å². The van der Waals surface area contributed by atoms with Crippen LogP contribution in [0.15, 0.2) is 18.7 Å². The molecule has 0 spiro atoms. The summed E-state index contributed by atoms with van der Waals surface area (Å²) in [7, 11) is 0. The molecule has 0 aromatic carbocycles. The third-order valence-corrected chi connectivity index (χ3v) is 3.58. The van der Waals surface area contributed by atoms with Gasteiger partial charge in [0, 0.05) is 11.1 Å². The zero-order chi connectivity index (χ0) is 13.9. The van der Waals surface area contributed by atoms with E-state index in [1.807, 2.05) is 26.0 Å². The van der Waals surface area contributed by atoms with Crippen molar-refractivity contribution in [2.24, 2.45) is 11.3 Å². The smallest absolute Gasteiger partial charge is 0.0881 e. The van der Waals surface area contributed by atoms with Gasteiger partial charge in [0.25, 0.3) is 0 Å². The maximum Gasteiger partial charge on any atom is 0.0881 e. The standard InChI is InChI=1S/C14H21N3O2/c1-10-4-5-13(16-11(10)2)12(3)17-19-9-14(6-7-14)8-18-15/h4-5,17H,3,6-9,15H2,1-2H3. The Balaban J connectivity index is 1.83. The Hall–Kier alpha value is -1.43. The third kappa shape index (κ3) is 3.53. The van der Waals surface area contributed by atoms with E-state index in [-0.39, 0.29) is 5.41 Å². The maximum absolute atomic E-state index is 5.47. The molecule has 1 aliphatic rings. The molecule has 0 unspecified atom stereocenters. The van der Waals surface area contributed by atoms with E-state index in [4.69, 9.17) is 15.6 Å². The van der Waals surface area contributed by atoms with Gasteiger partial charge >= 0.3 is 0 Å². The summed E-state index contributed by atoms with van der Waals surface area (Å²) in [6.45, 7) is 9.03. The van der Waals surface area contributed by atoms with E-state index in [0.717, 1.165) is 29.8 Å². The van der Waals surface area contributed by atoms with Crippen LogP contribution < -0.4 is 11.4 Å². The summed E-state index contributed by atoms with van der Waals surface area (Å²) >= 11 is 0. The fourth-order valence-corrected chi connectivity index (χ4v) is 1.81. The van der Waals surface area contributed by atoms with Gasteiger partial charge in [0.1, 0.15) is 0 Å². The number of nitrogens with two attached hydrogens (primary N) is 1. The molecular formula is C14H21N3O2. The van der Waals surface area contributed by atoms with E-state index in [1.165, 1.54) is 0 Å². The van der Waals surface area contributed by atoms with E-state index in [0.29, 0.717) is 18.9 Å². The molecule has 0 amide bonds. The zero-order valence-electron chi connectivity index (χ0n) is 11.5. The molecule has 1 fully saturated rings. The van der Waals surface area contributed by atoms with Gasteiger partial charge in [-0.3, -0.25) is 15.3 Å². The molecule has 1 heterocycles. The Labute approximate surface area is 113 Å². The number of rotatable bonds is 7. The second-order valence-electron chi connectivity index (χ2n) is 5.28. The van der Waals surface area contributed by atoms with Crippen molar-refractivity contribution >= 4 is 5.70 Å². The first-order chi connectivity index (χ1) is 9.06. The van der Waals surface area contributed by atoms with Crippen molar-refractivity contribution in [3.63, 3.8) is 0 Å². The SMILES string of the molecule is C=C(NOCC1(CON)CC1)c1ccc(C)c(C)n1. The van der Waals surface area contributed by atoms with E-state index < -0.39 is 0 Å². The lowest BCUT2D eigenvalue weighted by molar-refractivity contribution is 0.000701. The Kier molecular flexibility index (Phi) is 4.19. The molecule has 5 nitrogen and oxygen atoms in total. The minimum Gasteiger partial charge on any atom is -0.304 e. The minimum absolute atomic E-state index is 0.0820. The van der Waals surface area contributed by atoms with Crippen LogP contribution in [0.1, 0.15) is 29.8 Å². The average Bonchev–Trinajstić information content (AvgIpc) is 3.13. The summed E-state index contributed by atoms with van der Waals surface area (Å²) in [5.74, 6) is 5.10. The number of pyridine rings is 1. The molecule has 0 saturated heterocycles. The van der Waals surface area contributed by atoms with Gasteiger partial charge in [0.15, 0.2) is 0 Å². The number of aromatic nitrogens is 1. The van der Waals surface area contributed by atoms with Gasteiger partial charge in [0.2, 0.25) is 0 Å². The molecular weight excluding hydrogens is 242 g/mol. The van der Waals surface area contributed by atoms with Gasteiger partial charge in [0.05, 0.1) is 24.6 Å². The summed E-state index contributed by atoms with van der Waals surface area (Å²) < 4.78 is 0. The molecule has 0 atom stereocenters. The maximum atomic E-state index is 5.47. The number of aryl methyl sites for hydroxylation is 2. The summed E-state index contributed by atoms with van der Waals surface area (Å²) in [6, 6.07) is 3.95. The van der Waals surface area contributed by atoms with Gasteiger partial charge in [-0.05, 0) is 38.3 Å². The monoisotopic (exact) mass is 263 g/mol. The van der Waals surface area contributed by atoms with Crippen molar-refractivity contribution in [2.45, 2.75) is 26.7 Å². The summed E-state index contributed by atoms with van der Waals surface area (Å²) in [5, 5.41) is 0. The van der Waals surface area contributed by atoms with Crippen molar-refractivity contribution in [1.29, 1.82) is 0 Å². The van der Waals surface area contributed by atoms with Crippen LogP contribution in [0.3, 0.4) is 0 Å². The van der Waals surface area contributed by atoms with E-state index in [2.05, 4.69) is 17.0 Å². The molecule has 1 aromatic heterocycles. The largest absolute Gasteiger partial charge is 0.304 e. The molecule has 5 heteroatoms. The highest BCUT2D eigenvalue weighted by Gasteiger charge is 2.43. The third-order valence-electron chi connectivity index (χ3n) is 3.58. The first-order valence-corrected chi connectivity index (χ1v) is 6.39. The molecule has 1 saturated carbocycles. The Bertz CT molecular complexity index is 470. The van der Waals surface area contributed by atoms with E-state index >= 15 is 0 Å². The Morgan fingerprint density at radius 3 is 2.74 bits per heavy atom. The second-order valence-corrected chi connectivity index (χ2v) is 5.28. The number of nitrogens with one attached hydrogen (secondary N) is 1. The fraction of sp³-hybridized carbons (Fsp3) is 0.500. The molecule has 1 aliphatic carbocycles. The zero-order valence-corrected chi connectivity index (χ0v) is 11.5. The van der Waals surface area contributed by atoms with Gasteiger partial charge in [-0.1, -0.05) is 12.6 Å². The number of hydrogen-bond donors (Lipinski definition) is 2. The van der Waals surface area contributed by atoms with Crippen molar-refractivity contribution in [3.8, 4) is 0 Å². The molecule has 2 rings (SSSR count). The highest BCUT2D eigenvalue weighted by Crippen LogP contribution is 2.45. The number of hydrogen-bond acceptors (Lipinski definition) is 5. The fourth-order valence-electron chi connectivity index (χ4n) is 1.81. The first kappa shape index (κ1) is 14.0. The number of nitrogens with zero attached hydrogens (tertiary/aromatic N) is 1. The van der Waals surface area contributed by atoms with Gasteiger partial charge in [-0.2, -0.15) is 0 Å². The number of hydroxylamine groups is 1. The molecule has 0 radical (unpaired) electrons. The van der Waals surface area contributed by atoms with Crippen molar-refractivity contribution in [2.75, 3.05) is 13.2 Å². The van der Waals surface area contributed by atoms with Crippen LogP contribution in [0.25, 0.3) is 5.70 Å². The van der Waals surface area contributed by atoms with Crippen LogP contribution in [-0.2, 0) is 9.68 Å². The van der Waals surface area contributed by atoms with Crippen LogP contribution in [0.5, 0.6) is 0 Å². The predicted octanol–water partition coefficient (Wildman–Crippen LogP) is 1.86. The summed E-state index contributed by atoms with van der Waals surface area (Å²) in [5.41, 5.74) is 6.54. The lowest BCUT2D eigenvalue weighted by atomic mass is 10.1. The Morgan fingerprint density at radius 2 is 2.16 bits per heavy atom. The lowest BCUT2D eigenvalue weighted by Gasteiger charge is -2.15. The highest BCUT2D eigenvalue weighted by molar-refractivity contribution is 5.57. The molecule has 1 aromatic rings. The molecule has 0 aliphatic heterocycles. The van der Waals surface area contributed by atoms with Crippen molar-refractivity contribution in [1.82, 2.24) is 10.5 Å². The first-order valence-electron chi connectivity index (χ1n) is 6.39. The van der Waals surface area contributed by atoms with Crippen molar-refractivity contribution < 1.29 is 9.68 Å². The summed E-state index contributed by atoms with van der Waals surface area (Å²) in [4.78, 5) is 14.6. The van der Waals surface area contributed by atoms with E-state index in [9.17, 15) is 0 Å². The highest BCUT2D eigenvalue weighted by atomic mass is 16.6. The normalized spacial score (nSPS) is 16.2. The van der Waals surface area contributed by atoms with Crippen LogP contribution in [-0.4, -0.2) is 18.2 Å². The molecule has 0 bridgehead atoms. The molecule has 19 heavy (non-hydrogen) atoms. The van der Waals surface area contributed by atoms with E-state index in [1.54, 1.807) is 0 Å².